The SMILES string of the molecule is Cc1nn(Cc2ccc(C#N)cc2)c(C)c1NC(=O)c1cc(-c2cccc(S(N)(=O)=O)c2)nc2ccccc12. The summed E-state index contributed by atoms with van der Waals surface area (Å²) in [6, 6.07) is 24.4. The van der Waals surface area contributed by atoms with E-state index in [2.05, 4.69) is 21.5 Å². The van der Waals surface area contributed by atoms with Gasteiger partial charge in [-0.15, -0.1) is 0 Å². The Balaban J connectivity index is 1.50. The molecule has 39 heavy (non-hydrogen) atoms. The van der Waals surface area contributed by atoms with Gasteiger partial charge in [0.2, 0.25) is 10.0 Å². The van der Waals surface area contributed by atoms with Gasteiger partial charge in [0.25, 0.3) is 5.91 Å². The highest BCUT2D eigenvalue weighted by atomic mass is 32.2. The summed E-state index contributed by atoms with van der Waals surface area (Å²) in [6.07, 6.45) is 0. The fourth-order valence-electron chi connectivity index (χ4n) is 4.41. The lowest BCUT2D eigenvalue weighted by Gasteiger charge is -2.12. The van der Waals surface area contributed by atoms with Crippen molar-refractivity contribution in [2.75, 3.05) is 5.32 Å². The van der Waals surface area contributed by atoms with E-state index in [1.807, 2.05) is 44.2 Å². The smallest absolute Gasteiger partial charge is 0.256 e. The minimum atomic E-state index is -3.91. The zero-order valence-electron chi connectivity index (χ0n) is 21.2. The van der Waals surface area contributed by atoms with Crippen LogP contribution in [0.15, 0.2) is 83.8 Å². The topological polar surface area (TPSA) is 144 Å². The molecule has 0 aliphatic heterocycles. The molecule has 3 N–H and O–H groups in total. The van der Waals surface area contributed by atoms with Crippen LogP contribution in [0.2, 0.25) is 0 Å². The van der Waals surface area contributed by atoms with E-state index >= 15 is 0 Å². The number of hydrogen-bond donors (Lipinski definition) is 2. The average molecular weight is 537 g/mol. The highest BCUT2D eigenvalue weighted by Gasteiger charge is 2.19. The molecule has 0 saturated heterocycles. The summed E-state index contributed by atoms with van der Waals surface area (Å²) in [7, 11) is -3.91. The number of nitrogens with two attached hydrogens (primary N) is 1. The Hall–Kier alpha value is -4.85. The van der Waals surface area contributed by atoms with Crippen molar-refractivity contribution in [1.29, 1.82) is 5.26 Å². The number of anilines is 1. The number of carbonyl (C=O) groups excluding carboxylic acids is 1. The Morgan fingerprint density at radius 2 is 1.77 bits per heavy atom. The van der Waals surface area contributed by atoms with Crippen LogP contribution in [-0.2, 0) is 16.6 Å². The fourth-order valence-corrected chi connectivity index (χ4v) is 4.97. The van der Waals surface area contributed by atoms with Crippen molar-refractivity contribution in [3.63, 3.8) is 0 Å². The summed E-state index contributed by atoms with van der Waals surface area (Å²) < 4.78 is 25.6. The lowest BCUT2D eigenvalue weighted by atomic mass is 10.0. The van der Waals surface area contributed by atoms with Crippen molar-refractivity contribution in [2.24, 2.45) is 5.14 Å². The van der Waals surface area contributed by atoms with E-state index in [1.54, 1.807) is 41.1 Å². The maximum atomic E-state index is 13.7. The van der Waals surface area contributed by atoms with Gasteiger partial charge in [-0.2, -0.15) is 10.4 Å². The van der Waals surface area contributed by atoms with Crippen LogP contribution < -0.4 is 10.5 Å². The number of aryl methyl sites for hydroxylation is 1. The monoisotopic (exact) mass is 536 g/mol. The van der Waals surface area contributed by atoms with Gasteiger partial charge in [-0.3, -0.25) is 9.48 Å². The van der Waals surface area contributed by atoms with Gasteiger partial charge >= 0.3 is 0 Å². The normalized spacial score (nSPS) is 11.3. The van der Waals surface area contributed by atoms with E-state index in [0.29, 0.717) is 51.2 Å². The first kappa shape index (κ1) is 25.8. The number of pyridine rings is 1. The molecule has 3 aromatic carbocycles. The first-order valence-corrected chi connectivity index (χ1v) is 13.6. The van der Waals surface area contributed by atoms with Crippen LogP contribution in [0.4, 0.5) is 5.69 Å². The van der Waals surface area contributed by atoms with Crippen LogP contribution in [0.1, 0.15) is 32.9 Å². The second-order valence-electron chi connectivity index (χ2n) is 9.11. The molecule has 9 nitrogen and oxygen atoms in total. The van der Waals surface area contributed by atoms with Gasteiger partial charge in [0.1, 0.15) is 0 Å². The molecule has 0 aliphatic rings. The molecule has 10 heteroatoms. The van der Waals surface area contributed by atoms with E-state index < -0.39 is 10.0 Å². The molecule has 0 unspecified atom stereocenters. The zero-order valence-corrected chi connectivity index (χ0v) is 22.0. The molecule has 5 aromatic rings. The Morgan fingerprint density at radius 1 is 1.03 bits per heavy atom. The predicted molar refractivity (Wildman–Crippen MR) is 148 cm³/mol. The zero-order chi connectivity index (χ0) is 27.7. The Morgan fingerprint density at radius 3 is 2.49 bits per heavy atom. The molecule has 5 rings (SSSR count). The first-order chi connectivity index (χ1) is 18.6. The van der Waals surface area contributed by atoms with E-state index in [1.165, 1.54) is 12.1 Å². The highest BCUT2D eigenvalue weighted by Crippen LogP contribution is 2.28. The summed E-state index contributed by atoms with van der Waals surface area (Å²) in [4.78, 5) is 18.3. The molecular weight excluding hydrogens is 512 g/mol. The molecule has 194 valence electrons. The molecular formula is C29H24N6O3S. The predicted octanol–water partition coefficient (Wildman–Crippen LogP) is 4.53. The third-order valence-electron chi connectivity index (χ3n) is 6.45. The number of sulfonamides is 1. The number of benzene rings is 3. The Labute approximate surface area is 225 Å². The van der Waals surface area contributed by atoms with E-state index in [-0.39, 0.29) is 10.8 Å². The van der Waals surface area contributed by atoms with Gasteiger partial charge in [0, 0.05) is 10.9 Å². The molecule has 0 radical (unpaired) electrons. The van der Waals surface area contributed by atoms with Crippen molar-refractivity contribution >= 4 is 32.5 Å². The van der Waals surface area contributed by atoms with E-state index in [4.69, 9.17) is 10.4 Å². The average Bonchev–Trinajstić information content (AvgIpc) is 3.19. The molecule has 2 heterocycles. The number of rotatable bonds is 6. The largest absolute Gasteiger partial charge is 0.319 e. The second-order valence-corrected chi connectivity index (χ2v) is 10.7. The van der Waals surface area contributed by atoms with Gasteiger partial charge in [-0.1, -0.05) is 42.5 Å². The number of nitrogens with one attached hydrogen (secondary N) is 1. The molecule has 0 fully saturated rings. The van der Waals surface area contributed by atoms with Crippen LogP contribution in [0.25, 0.3) is 22.2 Å². The van der Waals surface area contributed by atoms with Crippen molar-refractivity contribution in [1.82, 2.24) is 14.8 Å². The van der Waals surface area contributed by atoms with Crippen molar-refractivity contribution < 1.29 is 13.2 Å². The molecule has 0 atom stereocenters. The van der Waals surface area contributed by atoms with E-state index in [9.17, 15) is 13.2 Å². The Bertz CT molecular complexity index is 1890. The van der Waals surface area contributed by atoms with Gasteiger partial charge in [-0.25, -0.2) is 18.5 Å². The number of fused-ring (bicyclic) bond motifs is 1. The van der Waals surface area contributed by atoms with Gasteiger partial charge < -0.3 is 5.32 Å². The molecule has 0 saturated carbocycles. The fraction of sp³-hybridized carbons (Fsp3) is 0.103. The van der Waals surface area contributed by atoms with E-state index in [0.717, 1.165) is 11.3 Å². The van der Waals surface area contributed by atoms with Gasteiger partial charge in [0.05, 0.1) is 56.9 Å². The number of para-hydroxylation sites is 1. The lowest BCUT2D eigenvalue weighted by Crippen LogP contribution is -2.15. The number of nitriles is 1. The van der Waals surface area contributed by atoms with Crippen LogP contribution >= 0.6 is 0 Å². The minimum absolute atomic E-state index is 0.0399. The quantitative estimate of drug-likeness (QED) is 0.326. The summed E-state index contributed by atoms with van der Waals surface area (Å²) in [5, 5.41) is 22.6. The standard InChI is InChI=1S/C29H24N6O3S/c1-18-28(19(2)35(34-18)17-21-12-10-20(16-30)11-13-21)33-29(36)25-15-27(32-26-9-4-3-8-24(25)26)22-6-5-7-23(14-22)39(31,37)38/h3-15H,17H2,1-2H3,(H,33,36)(H2,31,37,38). The Kier molecular flexibility index (Phi) is 6.70. The third-order valence-corrected chi connectivity index (χ3v) is 7.37. The van der Waals surface area contributed by atoms with Gasteiger partial charge in [0.15, 0.2) is 0 Å². The number of primary sulfonamides is 1. The maximum Gasteiger partial charge on any atom is 0.256 e. The van der Waals surface area contributed by atoms with Crippen LogP contribution in [0.5, 0.6) is 0 Å². The van der Waals surface area contributed by atoms with Gasteiger partial charge in [-0.05, 0) is 55.8 Å². The summed E-state index contributed by atoms with van der Waals surface area (Å²) >= 11 is 0. The summed E-state index contributed by atoms with van der Waals surface area (Å²) in [5.74, 6) is -0.346. The summed E-state index contributed by atoms with van der Waals surface area (Å²) in [6.45, 7) is 4.19. The highest BCUT2D eigenvalue weighted by molar-refractivity contribution is 7.89. The number of hydrogen-bond acceptors (Lipinski definition) is 6. The third kappa shape index (κ3) is 5.27. The summed E-state index contributed by atoms with van der Waals surface area (Å²) in [5.41, 5.74) is 5.54. The second kappa shape index (κ2) is 10.1. The molecule has 2 aromatic heterocycles. The maximum absolute atomic E-state index is 13.7. The van der Waals surface area contributed by atoms with Crippen molar-refractivity contribution in [3.05, 3.63) is 107 Å². The number of amides is 1. The molecule has 0 bridgehead atoms. The van der Waals surface area contributed by atoms with Crippen LogP contribution in [0.3, 0.4) is 0 Å². The van der Waals surface area contributed by atoms with Crippen molar-refractivity contribution in [3.8, 4) is 17.3 Å². The number of aromatic nitrogens is 3. The molecule has 0 spiro atoms. The minimum Gasteiger partial charge on any atom is -0.319 e. The first-order valence-electron chi connectivity index (χ1n) is 12.0. The number of carbonyl (C=O) groups is 1. The van der Waals surface area contributed by atoms with Crippen LogP contribution in [-0.4, -0.2) is 29.1 Å². The lowest BCUT2D eigenvalue weighted by molar-refractivity contribution is 0.102. The molecule has 1 amide bonds. The van der Waals surface area contributed by atoms with Crippen molar-refractivity contribution in [2.45, 2.75) is 25.3 Å². The molecule has 0 aliphatic carbocycles. The van der Waals surface area contributed by atoms with Crippen LogP contribution in [0, 0.1) is 25.2 Å². The number of nitrogens with zero attached hydrogens (tertiary/aromatic N) is 4.